The third-order valence-electron chi connectivity index (χ3n) is 2.32. The Morgan fingerprint density at radius 2 is 2.24 bits per heavy atom. The molecule has 0 bridgehead atoms. The molecule has 0 spiro atoms. The second kappa shape index (κ2) is 5.17. The standard InChI is InChI=1S/C12H10ClN3S/c1-8-4-2-3-5-9(8)16-10(6-14)12-15-7-11(13)17-12/h2-5,7,10,16H,1H3. The van der Waals surface area contributed by atoms with E-state index in [0.29, 0.717) is 9.34 Å². The van der Waals surface area contributed by atoms with E-state index in [9.17, 15) is 0 Å². The average Bonchev–Trinajstić information content (AvgIpc) is 2.75. The molecular formula is C12H10ClN3S. The van der Waals surface area contributed by atoms with E-state index < -0.39 is 6.04 Å². The minimum Gasteiger partial charge on any atom is -0.364 e. The predicted octanol–water partition coefficient (Wildman–Crippen LogP) is 3.78. The van der Waals surface area contributed by atoms with Crippen molar-refractivity contribution in [1.82, 2.24) is 4.98 Å². The first-order valence-corrected chi connectivity index (χ1v) is 6.23. The Hall–Kier alpha value is -1.57. The summed E-state index contributed by atoms with van der Waals surface area (Å²) in [6.07, 6.45) is 1.56. The highest BCUT2D eigenvalue weighted by Crippen LogP contribution is 2.27. The van der Waals surface area contributed by atoms with Gasteiger partial charge in [0.15, 0.2) is 6.04 Å². The first kappa shape index (κ1) is 11.9. The van der Waals surface area contributed by atoms with Crippen LogP contribution in [0.25, 0.3) is 0 Å². The van der Waals surface area contributed by atoms with Crippen molar-refractivity contribution in [3.05, 3.63) is 45.4 Å². The van der Waals surface area contributed by atoms with Gasteiger partial charge in [0.25, 0.3) is 0 Å². The summed E-state index contributed by atoms with van der Waals surface area (Å²) in [5.41, 5.74) is 2.03. The third-order valence-corrected chi connectivity index (χ3v) is 3.50. The Kier molecular flexibility index (Phi) is 3.62. The molecule has 1 heterocycles. The maximum absolute atomic E-state index is 9.15. The van der Waals surface area contributed by atoms with E-state index in [2.05, 4.69) is 16.4 Å². The molecule has 3 nitrogen and oxygen atoms in total. The molecule has 1 atom stereocenters. The van der Waals surface area contributed by atoms with Gasteiger partial charge in [0.05, 0.1) is 12.3 Å². The van der Waals surface area contributed by atoms with Gasteiger partial charge < -0.3 is 5.32 Å². The van der Waals surface area contributed by atoms with E-state index in [-0.39, 0.29) is 0 Å². The van der Waals surface area contributed by atoms with Crippen LogP contribution < -0.4 is 5.32 Å². The molecule has 0 aliphatic carbocycles. The molecule has 0 aliphatic rings. The fourth-order valence-corrected chi connectivity index (χ4v) is 2.37. The minimum absolute atomic E-state index is 0.464. The number of thiazole rings is 1. The zero-order valence-electron chi connectivity index (χ0n) is 9.14. The molecule has 1 N–H and O–H groups in total. The molecule has 1 unspecified atom stereocenters. The number of hydrogen-bond acceptors (Lipinski definition) is 4. The molecular weight excluding hydrogens is 254 g/mol. The highest BCUT2D eigenvalue weighted by atomic mass is 35.5. The lowest BCUT2D eigenvalue weighted by molar-refractivity contribution is 0.971. The summed E-state index contributed by atoms with van der Waals surface area (Å²) in [6.45, 7) is 1.99. The molecule has 0 amide bonds. The summed E-state index contributed by atoms with van der Waals surface area (Å²) in [4.78, 5) is 4.11. The quantitative estimate of drug-likeness (QED) is 0.917. The van der Waals surface area contributed by atoms with Crippen LogP contribution in [0.1, 0.15) is 16.6 Å². The van der Waals surface area contributed by atoms with Crippen LogP contribution >= 0.6 is 22.9 Å². The highest BCUT2D eigenvalue weighted by molar-refractivity contribution is 7.15. The van der Waals surface area contributed by atoms with Gasteiger partial charge >= 0.3 is 0 Å². The second-order valence-corrected chi connectivity index (χ2v) is 5.22. The van der Waals surface area contributed by atoms with Crippen molar-refractivity contribution in [1.29, 1.82) is 5.26 Å². The molecule has 1 aromatic carbocycles. The lowest BCUT2D eigenvalue weighted by Gasteiger charge is -2.12. The van der Waals surface area contributed by atoms with Crippen LogP contribution in [0.15, 0.2) is 30.5 Å². The maximum atomic E-state index is 9.15. The van der Waals surface area contributed by atoms with E-state index in [4.69, 9.17) is 16.9 Å². The molecule has 0 aliphatic heterocycles. The number of nitrogens with one attached hydrogen (secondary N) is 1. The predicted molar refractivity (Wildman–Crippen MR) is 70.3 cm³/mol. The third kappa shape index (κ3) is 2.76. The van der Waals surface area contributed by atoms with Crippen LogP contribution in [-0.2, 0) is 0 Å². The molecule has 0 fully saturated rings. The van der Waals surface area contributed by atoms with Crippen LogP contribution in [0.3, 0.4) is 0 Å². The van der Waals surface area contributed by atoms with E-state index in [1.165, 1.54) is 11.3 Å². The smallest absolute Gasteiger partial charge is 0.167 e. The van der Waals surface area contributed by atoms with Gasteiger partial charge in [0.1, 0.15) is 9.34 Å². The fourth-order valence-electron chi connectivity index (χ4n) is 1.44. The largest absolute Gasteiger partial charge is 0.364 e. The molecule has 0 radical (unpaired) electrons. The summed E-state index contributed by atoms with van der Waals surface area (Å²) >= 11 is 7.13. The van der Waals surface area contributed by atoms with Crippen molar-refractivity contribution in [2.24, 2.45) is 0 Å². The van der Waals surface area contributed by atoms with Gasteiger partial charge in [-0.2, -0.15) is 5.26 Å². The second-order valence-electron chi connectivity index (χ2n) is 3.52. The van der Waals surface area contributed by atoms with E-state index in [0.717, 1.165) is 11.3 Å². The molecule has 5 heteroatoms. The number of rotatable bonds is 3. The topological polar surface area (TPSA) is 48.7 Å². The lowest BCUT2D eigenvalue weighted by atomic mass is 10.2. The summed E-state index contributed by atoms with van der Waals surface area (Å²) in [7, 11) is 0. The van der Waals surface area contributed by atoms with Gasteiger partial charge in [-0.15, -0.1) is 11.3 Å². The van der Waals surface area contributed by atoms with Crippen LogP contribution in [0.2, 0.25) is 4.34 Å². The molecule has 2 aromatic rings. The number of para-hydroxylation sites is 1. The summed E-state index contributed by atoms with van der Waals surface area (Å²) in [5, 5.41) is 13.0. The first-order valence-electron chi connectivity index (χ1n) is 5.03. The van der Waals surface area contributed by atoms with Crippen LogP contribution in [-0.4, -0.2) is 4.98 Å². The van der Waals surface area contributed by atoms with Gasteiger partial charge in [0, 0.05) is 5.69 Å². The SMILES string of the molecule is Cc1ccccc1NC(C#N)c1ncc(Cl)s1. The van der Waals surface area contributed by atoms with Gasteiger partial charge in [-0.1, -0.05) is 29.8 Å². The number of nitrogens with zero attached hydrogens (tertiary/aromatic N) is 2. The fraction of sp³-hybridized carbons (Fsp3) is 0.167. The van der Waals surface area contributed by atoms with Gasteiger partial charge in [-0.05, 0) is 18.6 Å². The number of anilines is 1. The molecule has 17 heavy (non-hydrogen) atoms. The number of aromatic nitrogens is 1. The van der Waals surface area contributed by atoms with Crippen molar-refractivity contribution in [3.63, 3.8) is 0 Å². The Labute approximate surface area is 109 Å². The van der Waals surface area contributed by atoms with Crippen LogP contribution in [0.5, 0.6) is 0 Å². The normalized spacial score (nSPS) is 11.8. The van der Waals surface area contributed by atoms with Crippen LogP contribution in [0, 0.1) is 18.3 Å². The number of aryl methyl sites for hydroxylation is 1. The monoisotopic (exact) mass is 263 g/mol. The van der Waals surface area contributed by atoms with Crippen molar-refractivity contribution >= 4 is 28.6 Å². The summed E-state index contributed by atoms with van der Waals surface area (Å²) in [6, 6.07) is 9.54. The number of benzene rings is 1. The molecule has 0 saturated heterocycles. The summed E-state index contributed by atoms with van der Waals surface area (Å²) in [5.74, 6) is 0. The number of hydrogen-bond donors (Lipinski definition) is 1. The van der Waals surface area contributed by atoms with Crippen molar-refractivity contribution in [3.8, 4) is 6.07 Å². The van der Waals surface area contributed by atoms with Gasteiger partial charge in [-0.3, -0.25) is 0 Å². The zero-order chi connectivity index (χ0) is 12.3. The van der Waals surface area contributed by atoms with E-state index in [1.54, 1.807) is 6.20 Å². The Morgan fingerprint density at radius 1 is 1.47 bits per heavy atom. The Balaban J connectivity index is 2.22. The molecule has 86 valence electrons. The van der Waals surface area contributed by atoms with Gasteiger partial charge in [0.2, 0.25) is 0 Å². The number of halogens is 1. The summed E-state index contributed by atoms with van der Waals surface area (Å²) < 4.78 is 0.590. The van der Waals surface area contributed by atoms with Crippen molar-refractivity contribution in [2.75, 3.05) is 5.32 Å². The lowest BCUT2D eigenvalue weighted by Crippen LogP contribution is -2.08. The average molecular weight is 264 g/mol. The van der Waals surface area contributed by atoms with Crippen LogP contribution in [0.4, 0.5) is 5.69 Å². The molecule has 0 saturated carbocycles. The van der Waals surface area contributed by atoms with E-state index in [1.807, 2.05) is 31.2 Å². The first-order chi connectivity index (χ1) is 8.20. The molecule has 2 rings (SSSR count). The van der Waals surface area contributed by atoms with Gasteiger partial charge in [-0.25, -0.2) is 4.98 Å². The highest BCUT2D eigenvalue weighted by Gasteiger charge is 2.15. The number of nitriles is 1. The van der Waals surface area contributed by atoms with Crippen molar-refractivity contribution in [2.45, 2.75) is 13.0 Å². The Morgan fingerprint density at radius 3 is 2.82 bits per heavy atom. The van der Waals surface area contributed by atoms with Crippen molar-refractivity contribution < 1.29 is 0 Å². The Bertz CT molecular complexity index is 559. The zero-order valence-corrected chi connectivity index (χ0v) is 10.7. The molecule has 1 aromatic heterocycles. The minimum atomic E-state index is -0.464. The van der Waals surface area contributed by atoms with E-state index >= 15 is 0 Å². The maximum Gasteiger partial charge on any atom is 0.167 e.